The fourth-order valence-corrected chi connectivity index (χ4v) is 3.29. The lowest BCUT2D eigenvalue weighted by Crippen LogP contribution is -2.24. The van der Waals surface area contributed by atoms with Crippen molar-refractivity contribution in [2.45, 2.75) is 20.0 Å². The van der Waals surface area contributed by atoms with Crippen LogP contribution < -0.4 is 14.8 Å². The van der Waals surface area contributed by atoms with Gasteiger partial charge < -0.3 is 14.8 Å². The van der Waals surface area contributed by atoms with Crippen LogP contribution >= 0.6 is 11.3 Å². The summed E-state index contributed by atoms with van der Waals surface area (Å²) in [5, 5.41) is 5.38. The van der Waals surface area contributed by atoms with Gasteiger partial charge in [-0.15, -0.1) is 11.3 Å². The Morgan fingerprint density at radius 1 is 1.15 bits per heavy atom. The van der Waals surface area contributed by atoms with Gasteiger partial charge in [0.15, 0.2) is 11.5 Å². The number of hydrogen-bond donors (Lipinski definition) is 1. The molecular formula is C21H22N2O3S. The van der Waals surface area contributed by atoms with Crippen molar-refractivity contribution in [1.82, 2.24) is 10.3 Å². The molecule has 140 valence electrons. The lowest BCUT2D eigenvalue weighted by Gasteiger charge is -2.11. The van der Waals surface area contributed by atoms with Gasteiger partial charge in [-0.25, -0.2) is 4.98 Å². The van der Waals surface area contributed by atoms with Crippen molar-refractivity contribution >= 4 is 17.2 Å². The molecule has 2 aromatic carbocycles. The highest BCUT2D eigenvalue weighted by molar-refractivity contribution is 7.13. The molecular weight excluding hydrogens is 360 g/mol. The molecule has 0 bridgehead atoms. The van der Waals surface area contributed by atoms with Crippen molar-refractivity contribution in [3.63, 3.8) is 0 Å². The average Bonchev–Trinajstić information content (AvgIpc) is 3.21. The van der Waals surface area contributed by atoms with Gasteiger partial charge in [-0.05, 0) is 30.2 Å². The maximum Gasteiger partial charge on any atom is 0.270 e. The lowest BCUT2D eigenvalue weighted by molar-refractivity contribution is 0.0949. The minimum Gasteiger partial charge on any atom is -0.493 e. The van der Waals surface area contributed by atoms with Gasteiger partial charge in [-0.3, -0.25) is 4.79 Å². The quantitative estimate of drug-likeness (QED) is 0.621. The summed E-state index contributed by atoms with van der Waals surface area (Å²) >= 11 is 1.43. The number of nitrogens with zero attached hydrogens (tertiary/aromatic N) is 1. The van der Waals surface area contributed by atoms with Crippen molar-refractivity contribution in [1.29, 1.82) is 0 Å². The second kappa shape index (κ2) is 9.19. The highest BCUT2D eigenvalue weighted by Crippen LogP contribution is 2.34. The fourth-order valence-electron chi connectivity index (χ4n) is 2.49. The molecule has 0 saturated carbocycles. The maximum atomic E-state index is 12.0. The summed E-state index contributed by atoms with van der Waals surface area (Å²) in [4.78, 5) is 16.5. The van der Waals surface area contributed by atoms with Gasteiger partial charge in [-0.2, -0.15) is 0 Å². The van der Waals surface area contributed by atoms with Crippen molar-refractivity contribution in [2.24, 2.45) is 0 Å². The number of hydrogen-bond acceptors (Lipinski definition) is 5. The van der Waals surface area contributed by atoms with E-state index < -0.39 is 0 Å². The van der Waals surface area contributed by atoms with E-state index in [9.17, 15) is 4.79 Å². The molecule has 0 aliphatic carbocycles. The average molecular weight is 382 g/mol. The van der Waals surface area contributed by atoms with Gasteiger partial charge in [0.05, 0.1) is 7.11 Å². The van der Waals surface area contributed by atoms with E-state index in [0.29, 0.717) is 30.3 Å². The van der Waals surface area contributed by atoms with E-state index >= 15 is 0 Å². The molecule has 3 aromatic rings. The van der Waals surface area contributed by atoms with Crippen LogP contribution in [-0.4, -0.2) is 24.5 Å². The molecule has 6 heteroatoms. The first-order valence-corrected chi connectivity index (χ1v) is 9.68. The fraction of sp³-hybridized carbons (Fsp3) is 0.238. The number of carbonyl (C=O) groups excluding carboxylic acids is 1. The largest absolute Gasteiger partial charge is 0.493 e. The molecule has 1 aromatic heterocycles. The molecule has 0 fully saturated rings. The van der Waals surface area contributed by atoms with Crippen LogP contribution in [0.15, 0.2) is 53.9 Å². The summed E-state index contributed by atoms with van der Waals surface area (Å²) in [7, 11) is 1.61. The number of nitrogens with one attached hydrogen (secondary N) is 1. The summed E-state index contributed by atoms with van der Waals surface area (Å²) in [5.74, 6) is 1.16. The molecule has 0 aliphatic rings. The lowest BCUT2D eigenvalue weighted by atomic mass is 10.2. The number of thiazole rings is 1. The number of carbonyl (C=O) groups is 1. The third kappa shape index (κ3) is 4.86. The highest BCUT2D eigenvalue weighted by atomic mass is 32.1. The Hall–Kier alpha value is -2.86. The zero-order chi connectivity index (χ0) is 19.1. The standard InChI is InChI=1S/C21H22N2O3S/c1-3-11-22-20(24)17-14-27-21(23-17)16-9-10-18(19(12-16)25-2)26-13-15-7-5-4-6-8-15/h4-10,12,14H,3,11,13H2,1-2H3,(H,22,24). The van der Waals surface area contributed by atoms with Gasteiger partial charge in [0.2, 0.25) is 0 Å². The number of benzene rings is 2. The summed E-state index contributed by atoms with van der Waals surface area (Å²) < 4.78 is 11.4. The minimum atomic E-state index is -0.144. The van der Waals surface area contributed by atoms with Crippen LogP contribution in [0, 0.1) is 0 Å². The molecule has 3 rings (SSSR count). The second-order valence-corrected chi connectivity index (χ2v) is 6.79. The monoisotopic (exact) mass is 382 g/mol. The zero-order valence-electron chi connectivity index (χ0n) is 15.4. The van der Waals surface area contributed by atoms with E-state index in [1.165, 1.54) is 11.3 Å². The highest BCUT2D eigenvalue weighted by Gasteiger charge is 2.13. The molecule has 0 radical (unpaired) electrons. The molecule has 0 unspecified atom stereocenters. The number of aromatic nitrogens is 1. The molecule has 1 amide bonds. The Morgan fingerprint density at radius 3 is 2.70 bits per heavy atom. The predicted molar refractivity (Wildman–Crippen MR) is 108 cm³/mol. The Kier molecular flexibility index (Phi) is 6.44. The van der Waals surface area contributed by atoms with Crippen LogP contribution in [0.3, 0.4) is 0 Å². The molecule has 0 spiro atoms. The van der Waals surface area contributed by atoms with E-state index in [2.05, 4.69) is 10.3 Å². The summed E-state index contributed by atoms with van der Waals surface area (Å²) in [6, 6.07) is 15.6. The molecule has 27 heavy (non-hydrogen) atoms. The molecule has 0 atom stereocenters. The van der Waals surface area contributed by atoms with Gasteiger partial charge in [0.1, 0.15) is 17.3 Å². The van der Waals surface area contributed by atoms with E-state index in [1.54, 1.807) is 12.5 Å². The Morgan fingerprint density at radius 2 is 1.96 bits per heavy atom. The van der Waals surface area contributed by atoms with Crippen LogP contribution in [0.5, 0.6) is 11.5 Å². The van der Waals surface area contributed by atoms with Crippen molar-refractivity contribution < 1.29 is 14.3 Å². The number of rotatable bonds is 8. The topological polar surface area (TPSA) is 60.5 Å². The van der Waals surface area contributed by atoms with Crippen LogP contribution in [0.1, 0.15) is 29.4 Å². The predicted octanol–water partition coefficient (Wildman–Crippen LogP) is 4.54. The normalized spacial score (nSPS) is 10.4. The molecule has 5 nitrogen and oxygen atoms in total. The maximum absolute atomic E-state index is 12.0. The molecule has 1 N–H and O–H groups in total. The summed E-state index contributed by atoms with van der Waals surface area (Å²) in [5.41, 5.74) is 2.41. The van der Waals surface area contributed by atoms with Crippen molar-refractivity contribution in [3.8, 4) is 22.1 Å². The number of methoxy groups -OCH3 is 1. The van der Waals surface area contributed by atoms with Crippen LogP contribution in [0.2, 0.25) is 0 Å². The van der Waals surface area contributed by atoms with Gasteiger partial charge in [0, 0.05) is 17.5 Å². The first kappa shape index (κ1) is 18.9. The second-order valence-electron chi connectivity index (χ2n) is 5.93. The number of amides is 1. The number of ether oxygens (including phenoxy) is 2. The van der Waals surface area contributed by atoms with Crippen LogP contribution in [-0.2, 0) is 6.61 Å². The van der Waals surface area contributed by atoms with Gasteiger partial charge in [0.25, 0.3) is 5.91 Å². The van der Waals surface area contributed by atoms with E-state index in [4.69, 9.17) is 9.47 Å². The molecule has 1 heterocycles. The van der Waals surface area contributed by atoms with Crippen LogP contribution in [0.25, 0.3) is 10.6 Å². The Labute approximate surface area is 163 Å². The first-order chi connectivity index (χ1) is 13.2. The molecule has 0 aliphatic heterocycles. The summed E-state index contributed by atoms with van der Waals surface area (Å²) in [6.45, 7) is 3.13. The van der Waals surface area contributed by atoms with Crippen molar-refractivity contribution in [2.75, 3.05) is 13.7 Å². The first-order valence-electron chi connectivity index (χ1n) is 8.80. The minimum absolute atomic E-state index is 0.144. The molecule has 0 saturated heterocycles. The zero-order valence-corrected chi connectivity index (χ0v) is 16.2. The third-order valence-corrected chi connectivity index (χ3v) is 4.81. The van der Waals surface area contributed by atoms with Crippen LogP contribution in [0.4, 0.5) is 0 Å². The Bertz CT molecular complexity index is 893. The smallest absolute Gasteiger partial charge is 0.270 e. The van der Waals surface area contributed by atoms with Gasteiger partial charge in [-0.1, -0.05) is 37.3 Å². The SMILES string of the molecule is CCCNC(=O)c1csc(-c2ccc(OCc3ccccc3)c(OC)c2)n1. The van der Waals surface area contributed by atoms with E-state index in [-0.39, 0.29) is 5.91 Å². The summed E-state index contributed by atoms with van der Waals surface area (Å²) in [6.07, 6.45) is 0.893. The van der Waals surface area contributed by atoms with Gasteiger partial charge >= 0.3 is 0 Å². The van der Waals surface area contributed by atoms with E-state index in [0.717, 1.165) is 22.6 Å². The van der Waals surface area contributed by atoms with E-state index in [1.807, 2.05) is 55.5 Å². The Balaban J connectivity index is 1.74. The van der Waals surface area contributed by atoms with Crippen molar-refractivity contribution in [3.05, 3.63) is 65.2 Å². The third-order valence-electron chi connectivity index (χ3n) is 3.92.